The summed E-state index contributed by atoms with van der Waals surface area (Å²) in [7, 11) is 1.58. The molecule has 0 saturated carbocycles. The number of nitrogens with zero attached hydrogens (tertiary/aromatic N) is 1. The van der Waals surface area contributed by atoms with E-state index in [1.54, 1.807) is 12.5 Å². The second-order valence-corrected chi connectivity index (χ2v) is 6.09. The van der Waals surface area contributed by atoms with Crippen LogP contribution in [0.1, 0.15) is 26.5 Å². The van der Waals surface area contributed by atoms with E-state index in [0.29, 0.717) is 42.0 Å². The summed E-state index contributed by atoms with van der Waals surface area (Å²) in [5.74, 6) is 1.51. The predicted octanol–water partition coefficient (Wildman–Crippen LogP) is 2.47. The van der Waals surface area contributed by atoms with Crippen LogP contribution in [0.2, 0.25) is 0 Å². The summed E-state index contributed by atoms with van der Waals surface area (Å²) >= 11 is 1.32. The third-order valence-electron chi connectivity index (χ3n) is 3.56. The second-order valence-electron chi connectivity index (χ2n) is 5.21. The van der Waals surface area contributed by atoms with E-state index in [1.807, 2.05) is 19.9 Å². The molecule has 1 aliphatic rings. The zero-order chi connectivity index (χ0) is 16.4. The van der Waals surface area contributed by atoms with Crippen LogP contribution in [-0.2, 0) is 6.54 Å². The molecular weight excluding hydrogens is 316 g/mol. The number of ether oxygens (including phenoxy) is 3. The molecule has 1 amide bonds. The second kappa shape index (κ2) is 6.45. The van der Waals surface area contributed by atoms with Crippen molar-refractivity contribution in [2.45, 2.75) is 20.4 Å². The number of thiophene rings is 1. The van der Waals surface area contributed by atoms with Gasteiger partial charge in [0.1, 0.15) is 18.1 Å². The van der Waals surface area contributed by atoms with Gasteiger partial charge in [-0.25, -0.2) is 4.98 Å². The van der Waals surface area contributed by atoms with Gasteiger partial charge in [-0.1, -0.05) is 0 Å². The Labute approximate surface area is 138 Å². The number of hydrogen-bond donors (Lipinski definition) is 1. The van der Waals surface area contributed by atoms with Crippen LogP contribution in [-0.4, -0.2) is 31.2 Å². The first kappa shape index (κ1) is 15.6. The molecule has 1 N–H and O–H groups in total. The molecule has 0 unspecified atom stereocenters. The quantitative estimate of drug-likeness (QED) is 0.930. The normalized spacial score (nSPS) is 12.8. The largest absolute Gasteiger partial charge is 0.485 e. The minimum atomic E-state index is -0.191. The van der Waals surface area contributed by atoms with Crippen molar-refractivity contribution in [1.82, 2.24) is 10.3 Å². The van der Waals surface area contributed by atoms with Gasteiger partial charge in [0.2, 0.25) is 5.88 Å². The number of carbonyl (C=O) groups excluding carboxylic acids is 1. The summed E-state index contributed by atoms with van der Waals surface area (Å²) in [5, 5.41) is 4.70. The van der Waals surface area contributed by atoms with Crippen LogP contribution in [0.15, 0.2) is 11.4 Å². The Morgan fingerprint density at radius 1 is 1.39 bits per heavy atom. The van der Waals surface area contributed by atoms with Gasteiger partial charge in [0, 0.05) is 23.2 Å². The fourth-order valence-corrected chi connectivity index (χ4v) is 3.33. The number of fused-ring (bicyclic) bond motifs is 1. The van der Waals surface area contributed by atoms with Crippen molar-refractivity contribution < 1.29 is 19.0 Å². The van der Waals surface area contributed by atoms with Gasteiger partial charge >= 0.3 is 0 Å². The van der Waals surface area contributed by atoms with Crippen LogP contribution in [0.3, 0.4) is 0 Å². The van der Waals surface area contributed by atoms with Gasteiger partial charge in [0.05, 0.1) is 7.11 Å². The Bertz CT molecular complexity index is 742. The molecule has 3 rings (SSSR count). The Hall–Kier alpha value is -2.28. The number of methoxy groups -OCH3 is 1. The molecule has 0 aromatic carbocycles. The van der Waals surface area contributed by atoms with Crippen molar-refractivity contribution in [2.75, 3.05) is 20.3 Å². The maximum absolute atomic E-state index is 12.4. The lowest BCUT2D eigenvalue weighted by Crippen LogP contribution is -2.24. The molecular formula is C16H18N2O4S. The summed E-state index contributed by atoms with van der Waals surface area (Å²) in [5.41, 5.74) is 2.78. The van der Waals surface area contributed by atoms with E-state index in [2.05, 4.69) is 10.3 Å². The molecule has 0 spiro atoms. The summed E-state index contributed by atoms with van der Waals surface area (Å²) in [4.78, 5) is 17.3. The van der Waals surface area contributed by atoms with Crippen molar-refractivity contribution in [2.24, 2.45) is 0 Å². The monoisotopic (exact) mass is 334 g/mol. The molecule has 7 heteroatoms. The highest BCUT2D eigenvalue weighted by Gasteiger charge is 2.23. The van der Waals surface area contributed by atoms with Gasteiger partial charge in [-0.2, -0.15) is 0 Å². The average Bonchev–Trinajstić information content (AvgIpc) is 2.97. The first-order valence-corrected chi connectivity index (χ1v) is 8.14. The van der Waals surface area contributed by atoms with Crippen LogP contribution in [0.4, 0.5) is 0 Å². The SMILES string of the molecule is COc1nc(C)cc(C)c1CNC(=O)c1scc2c1OCCO2. The topological polar surface area (TPSA) is 69.7 Å². The van der Waals surface area contributed by atoms with Gasteiger partial charge in [-0.15, -0.1) is 11.3 Å². The molecule has 0 saturated heterocycles. The summed E-state index contributed by atoms with van der Waals surface area (Å²) in [6.45, 7) is 5.19. The van der Waals surface area contributed by atoms with Crippen molar-refractivity contribution in [3.05, 3.63) is 33.1 Å². The molecule has 2 aromatic heterocycles. The van der Waals surface area contributed by atoms with Crippen molar-refractivity contribution in [1.29, 1.82) is 0 Å². The number of pyridine rings is 1. The summed E-state index contributed by atoms with van der Waals surface area (Å²) in [6.07, 6.45) is 0. The molecule has 0 bridgehead atoms. The van der Waals surface area contributed by atoms with Crippen LogP contribution >= 0.6 is 11.3 Å². The van der Waals surface area contributed by atoms with Crippen molar-refractivity contribution in [3.63, 3.8) is 0 Å². The summed E-state index contributed by atoms with van der Waals surface area (Å²) < 4.78 is 16.3. The Morgan fingerprint density at radius 2 is 2.17 bits per heavy atom. The number of aromatic nitrogens is 1. The van der Waals surface area contributed by atoms with E-state index in [1.165, 1.54) is 11.3 Å². The molecule has 122 valence electrons. The van der Waals surface area contributed by atoms with Gasteiger partial charge in [-0.3, -0.25) is 4.79 Å². The van der Waals surface area contributed by atoms with Crippen LogP contribution < -0.4 is 19.5 Å². The zero-order valence-electron chi connectivity index (χ0n) is 13.3. The molecule has 3 heterocycles. The van der Waals surface area contributed by atoms with Crippen LogP contribution in [0.25, 0.3) is 0 Å². The lowest BCUT2D eigenvalue weighted by molar-refractivity contribution is 0.0945. The zero-order valence-corrected chi connectivity index (χ0v) is 14.1. The van der Waals surface area contributed by atoms with Crippen LogP contribution in [0, 0.1) is 13.8 Å². The van der Waals surface area contributed by atoms with E-state index < -0.39 is 0 Å². The average molecular weight is 334 g/mol. The van der Waals surface area contributed by atoms with Gasteiger partial charge in [0.25, 0.3) is 5.91 Å². The maximum atomic E-state index is 12.4. The number of hydrogen-bond acceptors (Lipinski definition) is 6. The van der Waals surface area contributed by atoms with Gasteiger partial charge < -0.3 is 19.5 Å². The molecule has 2 aromatic rings. The van der Waals surface area contributed by atoms with Crippen LogP contribution in [0.5, 0.6) is 17.4 Å². The molecule has 1 aliphatic heterocycles. The van der Waals surface area contributed by atoms with E-state index in [9.17, 15) is 4.79 Å². The van der Waals surface area contributed by atoms with E-state index in [4.69, 9.17) is 14.2 Å². The Morgan fingerprint density at radius 3 is 2.96 bits per heavy atom. The molecule has 0 radical (unpaired) electrons. The first-order valence-electron chi connectivity index (χ1n) is 7.26. The number of nitrogens with one attached hydrogen (secondary N) is 1. The fourth-order valence-electron chi connectivity index (χ4n) is 2.48. The number of rotatable bonds is 4. The first-order chi connectivity index (χ1) is 11.1. The summed E-state index contributed by atoms with van der Waals surface area (Å²) in [6, 6.07) is 1.97. The maximum Gasteiger partial charge on any atom is 0.265 e. The number of carbonyl (C=O) groups is 1. The lowest BCUT2D eigenvalue weighted by atomic mass is 10.1. The van der Waals surface area contributed by atoms with E-state index in [-0.39, 0.29) is 5.91 Å². The molecule has 0 fully saturated rings. The van der Waals surface area contributed by atoms with Crippen molar-refractivity contribution >= 4 is 17.2 Å². The minimum Gasteiger partial charge on any atom is -0.485 e. The minimum absolute atomic E-state index is 0.191. The highest BCUT2D eigenvalue weighted by atomic mass is 32.1. The lowest BCUT2D eigenvalue weighted by Gasteiger charge is -2.16. The highest BCUT2D eigenvalue weighted by Crippen LogP contribution is 2.39. The Kier molecular flexibility index (Phi) is 4.38. The van der Waals surface area contributed by atoms with Crippen molar-refractivity contribution in [3.8, 4) is 17.4 Å². The highest BCUT2D eigenvalue weighted by molar-refractivity contribution is 7.12. The fraction of sp³-hybridized carbons (Fsp3) is 0.375. The molecule has 0 aliphatic carbocycles. The number of amides is 1. The third kappa shape index (κ3) is 3.10. The van der Waals surface area contributed by atoms with E-state index in [0.717, 1.165) is 16.8 Å². The van der Waals surface area contributed by atoms with Gasteiger partial charge in [0.15, 0.2) is 11.5 Å². The predicted molar refractivity (Wildman–Crippen MR) is 86.7 cm³/mol. The Balaban J connectivity index is 1.76. The molecule has 23 heavy (non-hydrogen) atoms. The molecule has 6 nitrogen and oxygen atoms in total. The standard InChI is InChI=1S/C16H18N2O4S/c1-9-6-10(2)18-16(20-3)11(9)7-17-15(19)14-13-12(8-23-14)21-4-5-22-13/h6,8H,4-5,7H2,1-3H3,(H,17,19). The van der Waals surface area contributed by atoms with Gasteiger partial charge in [-0.05, 0) is 25.5 Å². The smallest absolute Gasteiger partial charge is 0.265 e. The van der Waals surface area contributed by atoms with E-state index >= 15 is 0 Å². The molecule has 0 atom stereocenters. The third-order valence-corrected chi connectivity index (χ3v) is 4.50. The number of aryl methyl sites for hydroxylation is 2.